The van der Waals surface area contributed by atoms with Crippen LogP contribution in [0, 0.1) is 18.7 Å². The third kappa shape index (κ3) is 3.62. The molecule has 0 saturated carbocycles. The van der Waals surface area contributed by atoms with Crippen molar-refractivity contribution in [3.63, 3.8) is 0 Å². The molecule has 2 heterocycles. The molecule has 0 unspecified atom stereocenters. The van der Waals surface area contributed by atoms with E-state index in [-0.39, 0.29) is 29.7 Å². The van der Waals surface area contributed by atoms with Gasteiger partial charge in [-0.3, -0.25) is 9.59 Å². The maximum absolute atomic E-state index is 14.3. The molecule has 6 nitrogen and oxygen atoms in total. The molecule has 0 spiro atoms. The Morgan fingerprint density at radius 2 is 2.14 bits per heavy atom. The Balaban J connectivity index is 1.35. The van der Waals surface area contributed by atoms with E-state index in [0.29, 0.717) is 30.4 Å². The molecule has 0 aromatic heterocycles. The molecule has 4 rings (SSSR count). The van der Waals surface area contributed by atoms with Crippen LogP contribution in [0.5, 0.6) is 11.5 Å². The van der Waals surface area contributed by atoms with Crippen LogP contribution in [0.1, 0.15) is 15.9 Å². The summed E-state index contributed by atoms with van der Waals surface area (Å²) in [5.41, 5.74) is 1.15. The normalized spacial score (nSPS) is 16.0. The lowest BCUT2D eigenvalue weighted by atomic mass is 9.99. The van der Waals surface area contributed by atoms with Crippen LogP contribution in [-0.4, -0.2) is 43.0 Å². The predicted octanol–water partition coefficient (Wildman–Crippen LogP) is 3.27. The maximum atomic E-state index is 14.3. The minimum absolute atomic E-state index is 0.0859. The van der Waals surface area contributed by atoms with Crippen molar-refractivity contribution in [1.82, 2.24) is 4.90 Å². The standard InChI is InChI=1S/C20H18ClFN2O4/c1-11-4-13(2-3-15(11)21)27-9-12-7-24(8-12)20(26)14-5-17-18(6-16(14)22)28-10-19(25)23-17/h2-6,12H,7-10H2,1H3,(H,23,25). The molecule has 2 aliphatic heterocycles. The van der Waals surface area contributed by atoms with Crippen LogP contribution in [0.2, 0.25) is 5.02 Å². The number of nitrogens with one attached hydrogen (secondary N) is 1. The van der Waals surface area contributed by atoms with E-state index in [4.69, 9.17) is 21.1 Å². The first-order valence-electron chi connectivity index (χ1n) is 8.85. The average Bonchev–Trinajstić information content (AvgIpc) is 2.62. The number of hydrogen-bond acceptors (Lipinski definition) is 4. The van der Waals surface area contributed by atoms with E-state index in [1.807, 2.05) is 13.0 Å². The van der Waals surface area contributed by atoms with Gasteiger partial charge in [0.2, 0.25) is 0 Å². The van der Waals surface area contributed by atoms with Gasteiger partial charge < -0.3 is 19.7 Å². The lowest BCUT2D eigenvalue weighted by Gasteiger charge is -2.39. The van der Waals surface area contributed by atoms with Crippen LogP contribution >= 0.6 is 11.6 Å². The number of anilines is 1. The van der Waals surface area contributed by atoms with Crippen LogP contribution in [0.25, 0.3) is 0 Å². The molecular weight excluding hydrogens is 387 g/mol. The smallest absolute Gasteiger partial charge is 0.262 e. The Kier molecular flexibility index (Phi) is 4.85. The van der Waals surface area contributed by atoms with E-state index in [1.54, 1.807) is 17.0 Å². The zero-order valence-electron chi connectivity index (χ0n) is 15.1. The number of rotatable bonds is 4. The number of benzene rings is 2. The largest absolute Gasteiger partial charge is 0.493 e. The van der Waals surface area contributed by atoms with Crippen LogP contribution in [0.4, 0.5) is 10.1 Å². The summed E-state index contributed by atoms with van der Waals surface area (Å²) in [4.78, 5) is 25.6. The fraction of sp³-hybridized carbons (Fsp3) is 0.300. The monoisotopic (exact) mass is 404 g/mol. The predicted molar refractivity (Wildman–Crippen MR) is 102 cm³/mol. The summed E-state index contributed by atoms with van der Waals surface area (Å²) in [6.07, 6.45) is 0. The summed E-state index contributed by atoms with van der Waals surface area (Å²) in [6, 6.07) is 7.90. The van der Waals surface area contributed by atoms with Crippen molar-refractivity contribution >= 4 is 29.1 Å². The van der Waals surface area contributed by atoms with Gasteiger partial charge in [-0.05, 0) is 36.8 Å². The number of likely N-dealkylation sites (tertiary alicyclic amines) is 1. The first kappa shape index (κ1) is 18.6. The molecule has 0 aliphatic carbocycles. The molecule has 1 N–H and O–H groups in total. The minimum Gasteiger partial charge on any atom is -0.493 e. The van der Waals surface area contributed by atoms with Gasteiger partial charge in [0, 0.05) is 30.1 Å². The Morgan fingerprint density at radius 1 is 1.36 bits per heavy atom. The Bertz CT molecular complexity index is 959. The summed E-state index contributed by atoms with van der Waals surface area (Å²) >= 11 is 6.00. The number of aryl methyl sites for hydroxylation is 1. The summed E-state index contributed by atoms with van der Waals surface area (Å²) in [5, 5.41) is 3.26. The van der Waals surface area contributed by atoms with Crippen molar-refractivity contribution in [2.45, 2.75) is 6.92 Å². The number of hydrogen-bond donors (Lipinski definition) is 1. The van der Waals surface area contributed by atoms with Gasteiger partial charge in [0.05, 0.1) is 17.9 Å². The SMILES string of the molecule is Cc1cc(OCC2CN(C(=O)c3cc4c(cc3F)OCC(=O)N4)C2)ccc1Cl. The quantitative estimate of drug-likeness (QED) is 0.849. The molecule has 2 aliphatic rings. The Hall–Kier alpha value is -2.80. The van der Waals surface area contributed by atoms with Gasteiger partial charge >= 0.3 is 0 Å². The van der Waals surface area contributed by atoms with Crippen LogP contribution in [0.15, 0.2) is 30.3 Å². The first-order chi connectivity index (χ1) is 13.4. The second-order valence-electron chi connectivity index (χ2n) is 6.96. The highest BCUT2D eigenvalue weighted by Crippen LogP contribution is 2.32. The van der Waals surface area contributed by atoms with Crippen molar-refractivity contribution in [3.05, 3.63) is 52.3 Å². The minimum atomic E-state index is -0.670. The summed E-state index contributed by atoms with van der Waals surface area (Å²) in [6.45, 7) is 3.15. The lowest BCUT2D eigenvalue weighted by molar-refractivity contribution is -0.118. The van der Waals surface area contributed by atoms with Gasteiger partial charge in [-0.1, -0.05) is 11.6 Å². The number of fused-ring (bicyclic) bond motifs is 1. The molecule has 146 valence electrons. The highest BCUT2D eigenvalue weighted by Gasteiger charge is 2.33. The summed E-state index contributed by atoms with van der Waals surface area (Å²) in [5.74, 6) is -0.306. The second-order valence-corrected chi connectivity index (χ2v) is 7.37. The van der Waals surface area contributed by atoms with E-state index in [1.165, 1.54) is 6.07 Å². The van der Waals surface area contributed by atoms with E-state index >= 15 is 0 Å². The molecule has 1 fully saturated rings. The average molecular weight is 405 g/mol. The van der Waals surface area contributed by atoms with Crippen molar-refractivity contribution in [1.29, 1.82) is 0 Å². The van der Waals surface area contributed by atoms with Crippen LogP contribution in [-0.2, 0) is 4.79 Å². The number of nitrogens with zero attached hydrogens (tertiary/aromatic N) is 1. The van der Waals surface area contributed by atoms with Crippen molar-refractivity contribution < 1.29 is 23.5 Å². The molecule has 2 amide bonds. The van der Waals surface area contributed by atoms with Gasteiger partial charge in [-0.2, -0.15) is 0 Å². The fourth-order valence-corrected chi connectivity index (χ4v) is 3.32. The number of halogens is 2. The van der Waals surface area contributed by atoms with Gasteiger partial charge in [0.25, 0.3) is 11.8 Å². The molecule has 0 atom stereocenters. The second kappa shape index (κ2) is 7.31. The molecule has 2 aromatic rings. The topological polar surface area (TPSA) is 67.9 Å². The highest BCUT2D eigenvalue weighted by molar-refractivity contribution is 6.31. The molecule has 0 radical (unpaired) electrons. The third-order valence-electron chi connectivity index (χ3n) is 4.79. The number of ether oxygens (including phenoxy) is 2. The summed E-state index contributed by atoms with van der Waals surface area (Å²) in [7, 11) is 0. The fourth-order valence-electron chi connectivity index (χ4n) is 3.20. The molecule has 8 heteroatoms. The molecule has 0 bridgehead atoms. The molecule has 28 heavy (non-hydrogen) atoms. The highest BCUT2D eigenvalue weighted by atomic mass is 35.5. The van der Waals surface area contributed by atoms with Crippen molar-refractivity contribution in [3.8, 4) is 11.5 Å². The number of amides is 2. The first-order valence-corrected chi connectivity index (χ1v) is 9.23. The zero-order chi connectivity index (χ0) is 19.8. The van der Waals surface area contributed by atoms with Gasteiger partial charge in [-0.15, -0.1) is 0 Å². The Morgan fingerprint density at radius 3 is 2.89 bits per heavy atom. The Labute approximate surface area is 166 Å². The van der Waals surface area contributed by atoms with Crippen LogP contribution < -0.4 is 14.8 Å². The van der Waals surface area contributed by atoms with E-state index in [2.05, 4.69) is 5.32 Å². The zero-order valence-corrected chi connectivity index (χ0v) is 15.9. The maximum Gasteiger partial charge on any atom is 0.262 e. The third-order valence-corrected chi connectivity index (χ3v) is 5.22. The van der Waals surface area contributed by atoms with Crippen molar-refractivity contribution in [2.75, 3.05) is 31.6 Å². The lowest BCUT2D eigenvalue weighted by Crippen LogP contribution is -2.52. The number of carbonyl (C=O) groups is 2. The summed E-state index contributed by atoms with van der Waals surface area (Å²) < 4.78 is 25.2. The van der Waals surface area contributed by atoms with Crippen LogP contribution in [0.3, 0.4) is 0 Å². The van der Waals surface area contributed by atoms with E-state index in [0.717, 1.165) is 17.4 Å². The molecule has 1 saturated heterocycles. The number of carbonyl (C=O) groups excluding carboxylic acids is 2. The van der Waals surface area contributed by atoms with E-state index < -0.39 is 11.7 Å². The van der Waals surface area contributed by atoms with Crippen molar-refractivity contribution in [2.24, 2.45) is 5.92 Å². The van der Waals surface area contributed by atoms with Gasteiger partial charge in [-0.25, -0.2) is 4.39 Å². The molecular formula is C20H18ClFN2O4. The molecule has 2 aromatic carbocycles. The van der Waals surface area contributed by atoms with E-state index in [9.17, 15) is 14.0 Å². The van der Waals surface area contributed by atoms with Gasteiger partial charge in [0.15, 0.2) is 6.61 Å². The van der Waals surface area contributed by atoms with Gasteiger partial charge in [0.1, 0.15) is 17.3 Å².